The maximum atomic E-state index is 9.49. The molecule has 0 radical (unpaired) electrons. The molecular formula is C11H24N2O. The van der Waals surface area contributed by atoms with E-state index in [0.29, 0.717) is 6.04 Å². The molecule has 1 saturated carbocycles. The van der Waals surface area contributed by atoms with Crippen LogP contribution < -0.4 is 5.32 Å². The zero-order valence-corrected chi connectivity index (χ0v) is 9.71. The van der Waals surface area contributed by atoms with Crippen LogP contribution in [0.15, 0.2) is 0 Å². The van der Waals surface area contributed by atoms with Crippen molar-refractivity contribution in [3.05, 3.63) is 0 Å². The van der Waals surface area contributed by atoms with Gasteiger partial charge in [-0.3, -0.25) is 0 Å². The average molecular weight is 200 g/mol. The number of nitrogens with zero attached hydrogens (tertiary/aromatic N) is 1. The molecule has 0 heterocycles. The second-order valence-corrected chi connectivity index (χ2v) is 4.68. The van der Waals surface area contributed by atoms with Crippen molar-refractivity contribution >= 4 is 0 Å². The van der Waals surface area contributed by atoms with Gasteiger partial charge in [0.2, 0.25) is 0 Å². The molecule has 1 rings (SSSR count). The van der Waals surface area contributed by atoms with Crippen LogP contribution in [0.4, 0.5) is 0 Å². The summed E-state index contributed by atoms with van der Waals surface area (Å²) in [6.45, 7) is 3.32. The summed E-state index contributed by atoms with van der Waals surface area (Å²) in [6, 6.07) is 0.620. The highest BCUT2D eigenvalue weighted by molar-refractivity contribution is 4.95. The maximum Gasteiger partial charge on any atom is 0.0613 e. The molecule has 0 aromatic heterocycles. The Balaban J connectivity index is 2.59. The minimum Gasteiger partial charge on any atom is -0.394 e. The molecule has 0 aliphatic heterocycles. The third-order valence-electron chi connectivity index (χ3n) is 3.40. The lowest BCUT2D eigenvalue weighted by atomic mass is 9.79. The molecule has 2 unspecified atom stereocenters. The van der Waals surface area contributed by atoms with Gasteiger partial charge in [-0.05, 0) is 46.3 Å². The Labute approximate surface area is 87.5 Å². The Morgan fingerprint density at radius 1 is 1.50 bits per heavy atom. The average Bonchev–Trinajstić information content (AvgIpc) is 2.18. The summed E-state index contributed by atoms with van der Waals surface area (Å²) in [7, 11) is 4.26. The van der Waals surface area contributed by atoms with Gasteiger partial charge < -0.3 is 15.3 Å². The summed E-state index contributed by atoms with van der Waals surface area (Å²) in [5, 5.41) is 12.9. The van der Waals surface area contributed by atoms with Crippen LogP contribution in [0.25, 0.3) is 0 Å². The summed E-state index contributed by atoms with van der Waals surface area (Å²) in [5.41, 5.74) is -0.0120. The third-order valence-corrected chi connectivity index (χ3v) is 3.40. The van der Waals surface area contributed by atoms with E-state index in [-0.39, 0.29) is 12.1 Å². The molecule has 1 aliphatic carbocycles. The van der Waals surface area contributed by atoms with Gasteiger partial charge in [-0.1, -0.05) is 6.92 Å². The number of rotatable bonds is 4. The van der Waals surface area contributed by atoms with Crippen LogP contribution >= 0.6 is 0 Å². The van der Waals surface area contributed by atoms with Gasteiger partial charge in [0.1, 0.15) is 0 Å². The topological polar surface area (TPSA) is 35.5 Å². The zero-order chi connectivity index (χ0) is 10.6. The van der Waals surface area contributed by atoms with Crippen LogP contribution in [0.2, 0.25) is 0 Å². The van der Waals surface area contributed by atoms with E-state index in [4.69, 9.17) is 0 Å². The third kappa shape index (κ3) is 2.69. The van der Waals surface area contributed by atoms with E-state index >= 15 is 0 Å². The molecule has 0 amide bonds. The van der Waals surface area contributed by atoms with Gasteiger partial charge in [-0.15, -0.1) is 0 Å². The van der Waals surface area contributed by atoms with Crippen LogP contribution in [0.1, 0.15) is 32.6 Å². The monoisotopic (exact) mass is 200 g/mol. The van der Waals surface area contributed by atoms with Gasteiger partial charge in [-0.25, -0.2) is 0 Å². The first-order valence-electron chi connectivity index (χ1n) is 5.66. The van der Waals surface area contributed by atoms with Crippen LogP contribution in [0, 0.1) is 0 Å². The largest absolute Gasteiger partial charge is 0.394 e. The highest BCUT2D eigenvalue weighted by Crippen LogP contribution is 2.29. The van der Waals surface area contributed by atoms with E-state index in [1.54, 1.807) is 0 Å². The SMILES string of the molecule is CCNC1(CO)CCCC(N(C)C)C1. The number of likely N-dealkylation sites (N-methyl/N-ethyl adjacent to an activating group) is 1. The van der Waals surface area contributed by atoms with E-state index in [0.717, 1.165) is 19.4 Å². The molecule has 1 aliphatic rings. The molecule has 2 atom stereocenters. The molecule has 14 heavy (non-hydrogen) atoms. The summed E-state index contributed by atoms with van der Waals surface area (Å²) >= 11 is 0. The summed E-state index contributed by atoms with van der Waals surface area (Å²) in [5.74, 6) is 0. The number of hydrogen-bond donors (Lipinski definition) is 2. The Hall–Kier alpha value is -0.120. The van der Waals surface area contributed by atoms with Gasteiger partial charge in [0.15, 0.2) is 0 Å². The minimum atomic E-state index is -0.0120. The number of aliphatic hydroxyl groups excluding tert-OH is 1. The molecule has 3 heteroatoms. The number of nitrogens with one attached hydrogen (secondary N) is 1. The van der Waals surface area contributed by atoms with Crippen LogP contribution in [-0.2, 0) is 0 Å². The lowest BCUT2D eigenvalue weighted by Gasteiger charge is -2.42. The fraction of sp³-hybridized carbons (Fsp3) is 1.00. The number of aliphatic hydroxyl groups is 1. The standard InChI is InChI=1S/C11H24N2O/c1-4-12-11(9-14)7-5-6-10(8-11)13(2)3/h10,12,14H,4-9H2,1-3H3. The molecule has 0 bridgehead atoms. The molecule has 84 valence electrons. The summed E-state index contributed by atoms with van der Waals surface area (Å²) in [4.78, 5) is 2.28. The van der Waals surface area contributed by atoms with Gasteiger partial charge in [0.25, 0.3) is 0 Å². The first kappa shape index (κ1) is 12.0. The van der Waals surface area contributed by atoms with Crippen molar-refractivity contribution < 1.29 is 5.11 Å². The number of hydrogen-bond acceptors (Lipinski definition) is 3. The van der Waals surface area contributed by atoms with E-state index in [2.05, 4.69) is 31.2 Å². The fourth-order valence-corrected chi connectivity index (χ4v) is 2.51. The van der Waals surface area contributed by atoms with Crippen molar-refractivity contribution in [1.29, 1.82) is 0 Å². The fourth-order valence-electron chi connectivity index (χ4n) is 2.51. The van der Waals surface area contributed by atoms with Gasteiger partial charge in [0, 0.05) is 11.6 Å². The molecule has 3 nitrogen and oxygen atoms in total. The molecule has 2 N–H and O–H groups in total. The molecule has 0 aromatic carbocycles. The van der Waals surface area contributed by atoms with E-state index in [9.17, 15) is 5.11 Å². The Morgan fingerprint density at radius 3 is 2.71 bits per heavy atom. The zero-order valence-electron chi connectivity index (χ0n) is 9.71. The molecule has 1 fully saturated rings. The van der Waals surface area contributed by atoms with Crippen molar-refractivity contribution in [3.63, 3.8) is 0 Å². The lowest BCUT2D eigenvalue weighted by molar-refractivity contribution is 0.0794. The van der Waals surface area contributed by atoms with Gasteiger partial charge >= 0.3 is 0 Å². The van der Waals surface area contributed by atoms with Crippen molar-refractivity contribution in [3.8, 4) is 0 Å². The van der Waals surface area contributed by atoms with E-state index in [1.165, 1.54) is 12.8 Å². The Kier molecular flexibility index (Phi) is 4.35. The predicted molar refractivity (Wildman–Crippen MR) is 59.4 cm³/mol. The summed E-state index contributed by atoms with van der Waals surface area (Å²) < 4.78 is 0. The first-order chi connectivity index (χ1) is 6.63. The smallest absolute Gasteiger partial charge is 0.0613 e. The van der Waals surface area contributed by atoms with Crippen molar-refractivity contribution in [2.45, 2.75) is 44.2 Å². The van der Waals surface area contributed by atoms with E-state index in [1.807, 2.05) is 0 Å². The minimum absolute atomic E-state index is 0.0120. The van der Waals surface area contributed by atoms with Gasteiger partial charge in [0.05, 0.1) is 6.61 Å². The normalized spacial score (nSPS) is 33.6. The molecule has 0 aromatic rings. The van der Waals surface area contributed by atoms with Crippen LogP contribution in [0.3, 0.4) is 0 Å². The van der Waals surface area contributed by atoms with Gasteiger partial charge in [-0.2, -0.15) is 0 Å². The lowest BCUT2D eigenvalue weighted by Crippen LogP contribution is -2.54. The van der Waals surface area contributed by atoms with Crippen molar-refractivity contribution in [2.75, 3.05) is 27.2 Å². The Morgan fingerprint density at radius 2 is 2.21 bits per heavy atom. The van der Waals surface area contributed by atoms with Crippen molar-refractivity contribution in [2.24, 2.45) is 0 Å². The summed E-state index contributed by atoms with van der Waals surface area (Å²) in [6.07, 6.45) is 4.67. The highest BCUT2D eigenvalue weighted by Gasteiger charge is 2.35. The quantitative estimate of drug-likeness (QED) is 0.705. The Bertz CT molecular complexity index is 169. The van der Waals surface area contributed by atoms with E-state index < -0.39 is 0 Å². The second kappa shape index (κ2) is 5.10. The second-order valence-electron chi connectivity index (χ2n) is 4.68. The molecule has 0 spiro atoms. The molecular weight excluding hydrogens is 176 g/mol. The first-order valence-corrected chi connectivity index (χ1v) is 5.66. The molecule has 0 saturated heterocycles. The van der Waals surface area contributed by atoms with Crippen LogP contribution in [-0.4, -0.2) is 48.8 Å². The maximum absolute atomic E-state index is 9.49. The van der Waals surface area contributed by atoms with Crippen molar-refractivity contribution in [1.82, 2.24) is 10.2 Å². The van der Waals surface area contributed by atoms with Crippen LogP contribution in [0.5, 0.6) is 0 Å². The predicted octanol–water partition coefficient (Wildman–Crippen LogP) is 0.831. The highest BCUT2D eigenvalue weighted by atomic mass is 16.3.